The Morgan fingerprint density at radius 2 is 1.94 bits per heavy atom. The molecule has 1 heterocycles. The molecule has 2 aromatic rings. The molecule has 32 heavy (non-hydrogen) atoms. The standard InChI is InChI=1S/C24H33N3O4S/c1-5-14-26-16-20(24(29)25-21-11-9-8-10-17(21)4)23(28)19-15-18(12-13-22(19)26)32(30,31)27(6-2)7-3/h5,12-13,15-17,21H,1,6-11,14H2,2-4H3,(H,25,29)/t17-,21-/m1/s1. The Bertz CT molecular complexity index is 1170. The molecule has 0 bridgehead atoms. The number of nitrogens with zero attached hydrogens (tertiary/aromatic N) is 2. The van der Waals surface area contributed by atoms with Gasteiger partial charge in [-0.05, 0) is 37.0 Å². The number of amides is 1. The van der Waals surface area contributed by atoms with Gasteiger partial charge in [-0.2, -0.15) is 4.31 Å². The van der Waals surface area contributed by atoms with E-state index in [1.165, 1.54) is 16.4 Å². The minimum atomic E-state index is -3.73. The number of aromatic nitrogens is 1. The number of nitrogens with one attached hydrogen (secondary N) is 1. The van der Waals surface area contributed by atoms with Gasteiger partial charge in [-0.25, -0.2) is 8.42 Å². The van der Waals surface area contributed by atoms with E-state index in [-0.39, 0.29) is 21.9 Å². The van der Waals surface area contributed by atoms with Gasteiger partial charge in [0, 0.05) is 37.3 Å². The summed E-state index contributed by atoms with van der Waals surface area (Å²) < 4.78 is 29.1. The zero-order valence-corrected chi connectivity index (χ0v) is 20.0. The van der Waals surface area contributed by atoms with Gasteiger partial charge in [-0.15, -0.1) is 6.58 Å². The topological polar surface area (TPSA) is 88.5 Å². The van der Waals surface area contributed by atoms with E-state index in [9.17, 15) is 18.0 Å². The van der Waals surface area contributed by atoms with Crippen molar-refractivity contribution >= 4 is 26.8 Å². The normalized spacial score (nSPS) is 19.2. The van der Waals surface area contributed by atoms with Gasteiger partial charge in [-0.1, -0.05) is 39.7 Å². The Kier molecular flexibility index (Phi) is 7.56. The van der Waals surface area contributed by atoms with Gasteiger partial charge in [0.15, 0.2) is 0 Å². The molecule has 1 fully saturated rings. The van der Waals surface area contributed by atoms with Crippen LogP contribution in [0.2, 0.25) is 0 Å². The average molecular weight is 460 g/mol. The van der Waals surface area contributed by atoms with Crippen LogP contribution in [-0.2, 0) is 16.6 Å². The van der Waals surface area contributed by atoms with Crippen LogP contribution in [0.5, 0.6) is 0 Å². The number of hydrogen-bond donors (Lipinski definition) is 1. The smallest absolute Gasteiger partial charge is 0.256 e. The van der Waals surface area contributed by atoms with E-state index < -0.39 is 21.4 Å². The molecule has 2 atom stereocenters. The summed E-state index contributed by atoms with van der Waals surface area (Å²) in [5.74, 6) is -0.0557. The summed E-state index contributed by atoms with van der Waals surface area (Å²) in [6.45, 7) is 10.5. The van der Waals surface area contributed by atoms with Crippen molar-refractivity contribution in [2.75, 3.05) is 13.1 Å². The van der Waals surface area contributed by atoms with Crippen LogP contribution in [0.1, 0.15) is 56.8 Å². The van der Waals surface area contributed by atoms with Gasteiger partial charge in [0.2, 0.25) is 15.5 Å². The number of allylic oxidation sites excluding steroid dienone is 1. The summed E-state index contributed by atoms with van der Waals surface area (Å²) in [4.78, 5) is 26.5. The van der Waals surface area contributed by atoms with Crippen molar-refractivity contribution in [3.8, 4) is 0 Å². The Morgan fingerprint density at radius 1 is 1.25 bits per heavy atom. The van der Waals surface area contributed by atoms with Crippen molar-refractivity contribution in [2.24, 2.45) is 5.92 Å². The molecule has 0 unspecified atom stereocenters. The molecular formula is C24H33N3O4S. The average Bonchev–Trinajstić information content (AvgIpc) is 2.77. The summed E-state index contributed by atoms with van der Waals surface area (Å²) in [5.41, 5.74) is 0.128. The summed E-state index contributed by atoms with van der Waals surface area (Å²) in [7, 11) is -3.73. The fourth-order valence-electron chi connectivity index (χ4n) is 4.48. The molecule has 1 amide bonds. The minimum absolute atomic E-state index is 0.0227. The molecule has 1 aromatic carbocycles. The second-order valence-corrected chi connectivity index (χ2v) is 10.4. The van der Waals surface area contributed by atoms with Crippen LogP contribution in [-0.4, -0.2) is 42.3 Å². The van der Waals surface area contributed by atoms with Crippen molar-refractivity contribution in [3.05, 3.63) is 52.8 Å². The molecule has 0 aliphatic heterocycles. The summed E-state index contributed by atoms with van der Waals surface area (Å²) >= 11 is 0. The van der Waals surface area contributed by atoms with Gasteiger partial charge in [0.25, 0.3) is 5.91 Å². The lowest BCUT2D eigenvalue weighted by Crippen LogP contribution is -2.42. The summed E-state index contributed by atoms with van der Waals surface area (Å²) in [6.07, 6.45) is 7.38. The highest BCUT2D eigenvalue weighted by atomic mass is 32.2. The van der Waals surface area contributed by atoms with Crippen molar-refractivity contribution in [1.29, 1.82) is 0 Å². The lowest BCUT2D eigenvalue weighted by atomic mass is 9.86. The predicted molar refractivity (Wildman–Crippen MR) is 127 cm³/mol. The first-order valence-electron chi connectivity index (χ1n) is 11.3. The first kappa shape index (κ1) is 24.2. The molecule has 1 aliphatic rings. The van der Waals surface area contributed by atoms with Crippen molar-refractivity contribution < 1.29 is 13.2 Å². The maximum atomic E-state index is 13.3. The number of pyridine rings is 1. The molecule has 1 N–H and O–H groups in total. The predicted octanol–water partition coefficient (Wildman–Crippen LogP) is 3.53. The lowest BCUT2D eigenvalue weighted by Gasteiger charge is -2.29. The van der Waals surface area contributed by atoms with Gasteiger partial charge < -0.3 is 9.88 Å². The molecule has 1 saturated carbocycles. The largest absolute Gasteiger partial charge is 0.349 e. The van der Waals surface area contributed by atoms with Crippen LogP contribution in [0.15, 0.2) is 46.7 Å². The first-order valence-corrected chi connectivity index (χ1v) is 12.8. The Hall–Kier alpha value is -2.45. The second-order valence-electron chi connectivity index (χ2n) is 8.42. The first-order chi connectivity index (χ1) is 15.2. The van der Waals surface area contributed by atoms with Gasteiger partial charge >= 0.3 is 0 Å². The highest BCUT2D eigenvalue weighted by molar-refractivity contribution is 7.89. The fourth-order valence-corrected chi connectivity index (χ4v) is 5.96. The zero-order valence-electron chi connectivity index (χ0n) is 19.1. The highest BCUT2D eigenvalue weighted by Gasteiger charge is 2.26. The number of fused-ring (bicyclic) bond motifs is 1. The number of carbonyl (C=O) groups excluding carboxylic acids is 1. The highest BCUT2D eigenvalue weighted by Crippen LogP contribution is 2.24. The summed E-state index contributed by atoms with van der Waals surface area (Å²) in [5, 5.41) is 3.25. The monoisotopic (exact) mass is 459 g/mol. The van der Waals surface area contributed by atoms with E-state index >= 15 is 0 Å². The summed E-state index contributed by atoms with van der Waals surface area (Å²) in [6, 6.07) is 4.57. The van der Waals surface area contributed by atoms with Gasteiger partial charge in [0.1, 0.15) is 5.56 Å². The van der Waals surface area contributed by atoms with Crippen molar-refractivity contribution in [2.45, 2.75) is 63.9 Å². The molecular weight excluding hydrogens is 426 g/mol. The van der Waals surface area contributed by atoms with E-state index in [1.807, 2.05) is 0 Å². The SMILES string of the molecule is C=CCn1cc(C(=O)N[C@@H]2CCCC[C@H]2C)c(=O)c2cc(S(=O)(=O)N(CC)CC)ccc21. The Morgan fingerprint density at radius 3 is 2.56 bits per heavy atom. The van der Waals surface area contributed by atoms with E-state index in [0.717, 1.165) is 25.7 Å². The zero-order chi connectivity index (χ0) is 23.5. The third-order valence-corrected chi connectivity index (χ3v) is 8.44. The molecule has 174 valence electrons. The molecule has 1 aromatic heterocycles. The van der Waals surface area contributed by atoms with Crippen LogP contribution < -0.4 is 10.7 Å². The molecule has 7 nitrogen and oxygen atoms in total. The number of carbonyl (C=O) groups is 1. The van der Waals surface area contributed by atoms with E-state index in [4.69, 9.17) is 0 Å². The lowest BCUT2D eigenvalue weighted by molar-refractivity contribution is 0.0908. The van der Waals surface area contributed by atoms with Gasteiger partial charge in [-0.3, -0.25) is 9.59 Å². The van der Waals surface area contributed by atoms with Gasteiger partial charge in [0.05, 0.1) is 10.4 Å². The van der Waals surface area contributed by atoms with Crippen LogP contribution >= 0.6 is 0 Å². The second kappa shape index (κ2) is 10.0. The molecule has 0 spiro atoms. The molecule has 1 aliphatic carbocycles. The maximum absolute atomic E-state index is 13.3. The van der Waals surface area contributed by atoms with Crippen molar-refractivity contribution in [3.63, 3.8) is 0 Å². The number of benzene rings is 1. The molecule has 0 radical (unpaired) electrons. The van der Waals surface area contributed by atoms with E-state index in [0.29, 0.717) is 31.1 Å². The third-order valence-electron chi connectivity index (χ3n) is 6.39. The van der Waals surface area contributed by atoms with Crippen LogP contribution in [0, 0.1) is 5.92 Å². The molecule has 3 rings (SSSR count). The quantitative estimate of drug-likeness (QED) is 0.612. The number of sulfonamides is 1. The Balaban J connectivity index is 2.11. The fraction of sp³-hybridized carbons (Fsp3) is 0.500. The number of hydrogen-bond acceptors (Lipinski definition) is 4. The van der Waals surface area contributed by atoms with Crippen LogP contribution in [0.4, 0.5) is 0 Å². The minimum Gasteiger partial charge on any atom is -0.349 e. The Labute approximate surface area is 190 Å². The van der Waals surface area contributed by atoms with Crippen LogP contribution in [0.25, 0.3) is 10.9 Å². The van der Waals surface area contributed by atoms with Crippen LogP contribution in [0.3, 0.4) is 0 Å². The maximum Gasteiger partial charge on any atom is 0.256 e. The number of rotatable bonds is 8. The molecule has 0 saturated heterocycles. The van der Waals surface area contributed by atoms with E-state index in [1.54, 1.807) is 36.8 Å². The van der Waals surface area contributed by atoms with Crippen molar-refractivity contribution in [1.82, 2.24) is 14.2 Å². The third kappa shape index (κ3) is 4.66. The van der Waals surface area contributed by atoms with E-state index in [2.05, 4.69) is 18.8 Å². The molecule has 8 heteroatoms.